The number of rotatable bonds is 4. The van der Waals surface area contributed by atoms with E-state index < -0.39 is 0 Å². The van der Waals surface area contributed by atoms with Crippen molar-refractivity contribution in [1.29, 1.82) is 0 Å². The molecule has 1 saturated heterocycles. The zero-order chi connectivity index (χ0) is 22.9. The molecule has 0 spiro atoms. The number of nitrogens with zero attached hydrogens (tertiary/aromatic N) is 3. The van der Waals surface area contributed by atoms with Crippen LogP contribution in [0.1, 0.15) is 49.8 Å². The van der Waals surface area contributed by atoms with Crippen LogP contribution in [0.5, 0.6) is 0 Å². The predicted octanol–water partition coefficient (Wildman–Crippen LogP) is 5.20. The summed E-state index contributed by atoms with van der Waals surface area (Å²) in [6.07, 6.45) is 7.94. The first-order chi connectivity index (χ1) is 16.0. The van der Waals surface area contributed by atoms with E-state index in [1.807, 2.05) is 22.5 Å². The van der Waals surface area contributed by atoms with Gasteiger partial charge in [-0.05, 0) is 68.1 Å². The second-order valence-electron chi connectivity index (χ2n) is 8.96. The zero-order valence-electron chi connectivity index (χ0n) is 18.7. The Morgan fingerprint density at radius 3 is 2.85 bits per heavy atom. The van der Waals surface area contributed by atoms with Gasteiger partial charge in [-0.1, -0.05) is 36.2 Å². The molecule has 0 unspecified atom stereocenters. The number of carbonyl (C=O) groups is 1. The molecule has 2 aliphatic heterocycles. The lowest BCUT2D eigenvalue weighted by molar-refractivity contribution is -0.133. The molecule has 1 aromatic heterocycles. The Balaban J connectivity index is 1.37. The smallest absolute Gasteiger partial charge is 0.239 e. The van der Waals surface area contributed by atoms with Crippen molar-refractivity contribution < 1.29 is 9.18 Å². The highest BCUT2D eigenvalue weighted by Crippen LogP contribution is 2.30. The number of hydrogen-bond donors (Lipinski definition) is 1. The number of halogens is 2. The number of fused-ring (bicyclic) bond motifs is 1. The average molecular weight is 467 g/mol. The van der Waals surface area contributed by atoms with Crippen LogP contribution in [-0.2, 0) is 4.79 Å². The van der Waals surface area contributed by atoms with Gasteiger partial charge in [0.1, 0.15) is 5.82 Å². The number of hydrogen-bond acceptors (Lipinski definition) is 3. The summed E-state index contributed by atoms with van der Waals surface area (Å²) in [5.74, 6) is -0.0995. The molecule has 172 valence electrons. The fourth-order valence-electron chi connectivity index (χ4n) is 4.94. The average Bonchev–Trinajstić information content (AvgIpc) is 3.27. The van der Waals surface area contributed by atoms with E-state index in [2.05, 4.69) is 28.5 Å². The van der Waals surface area contributed by atoms with E-state index in [1.54, 1.807) is 18.5 Å². The lowest BCUT2D eigenvalue weighted by Crippen LogP contribution is -2.49. The second-order valence-corrected chi connectivity index (χ2v) is 9.40. The molecule has 2 atom stereocenters. The molecule has 7 heteroatoms. The Labute approximate surface area is 198 Å². The van der Waals surface area contributed by atoms with E-state index in [0.717, 1.165) is 55.4 Å². The van der Waals surface area contributed by atoms with Crippen LogP contribution in [0.25, 0.3) is 16.6 Å². The molecular weight excluding hydrogens is 439 g/mol. The summed E-state index contributed by atoms with van der Waals surface area (Å²) in [4.78, 5) is 19.3. The number of aromatic nitrogens is 2. The lowest BCUT2D eigenvalue weighted by Gasteiger charge is -2.32. The monoisotopic (exact) mass is 466 g/mol. The van der Waals surface area contributed by atoms with Gasteiger partial charge in [-0.15, -0.1) is 0 Å². The van der Waals surface area contributed by atoms with Crippen molar-refractivity contribution in [3.63, 3.8) is 0 Å². The molecule has 1 fully saturated rings. The topological polar surface area (TPSA) is 50.2 Å². The van der Waals surface area contributed by atoms with Crippen molar-refractivity contribution in [2.45, 2.75) is 44.7 Å². The number of imidazole rings is 1. The van der Waals surface area contributed by atoms with Crippen LogP contribution in [0.4, 0.5) is 4.39 Å². The molecule has 33 heavy (non-hydrogen) atoms. The first-order valence-electron chi connectivity index (χ1n) is 11.6. The fourth-order valence-corrected chi connectivity index (χ4v) is 5.10. The Hall–Kier alpha value is -2.70. The first-order valence-corrected chi connectivity index (χ1v) is 12.0. The molecular formula is C26H28ClFN4O. The van der Waals surface area contributed by atoms with E-state index in [-0.39, 0.29) is 23.8 Å². The van der Waals surface area contributed by atoms with Crippen LogP contribution in [-0.4, -0.2) is 46.0 Å². The quantitative estimate of drug-likeness (QED) is 0.575. The normalized spacial score (nSPS) is 20.0. The fraction of sp³-hybridized carbons (Fsp3) is 0.385. The molecule has 0 aliphatic carbocycles. The number of benzene rings is 2. The highest BCUT2D eigenvalue weighted by atomic mass is 35.5. The third-order valence-electron chi connectivity index (χ3n) is 6.90. The summed E-state index contributed by atoms with van der Waals surface area (Å²) < 4.78 is 16.5. The van der Waals surface area contributed by atoms with Gasteiger partial charge < -0.3 is 14.8 Å². The minimum absolute atomic E-state index is 0.0332. The first kappa shape index (κ1) is 22.1. The minimum Gasteiger partial charge on any atom is -0.337 e. The van der Waals surface area contributed by atoms with Crippen LogP contribution >= 0.6 is 11.6 Å². The van der Waals surface area contributed by atoms with E-state index in [4.69, 9.17) is 11.6 Å². The highest BCUT2D eigenvalue weighted by molar-refractivity contribution is 6.30. The van der Waals surface area contributed by atoms with Gasteiger partial charge in [0.05, 0.1) is 29.4 Å². The summed E-state index contributed by atoms with van der Waals surface area (Å²) in [6.45, 7) is 4.25. The van der Waals surface area contributed by atoms with Crippen LogP contribution in [0.2, 0.25) is 5.02 Å². The van der Waals surface area contributed by atoms with Gasteiger partial charge in [0.2, 0.25) is 5.91 Å². The van der Waals surface area contributed by atoms with Crippen molar-refractivity contribution >= 4 is 34.1 Å². The van der Waals surface area contributed by atoms with Gasteiger partial charge in [0.25, 0.3) is 0 Å². The molecule has 0 radical (unpaired) electrons. The molecule has 1 amide bonds. The van der Waals surface area contributed by atoms with E-state index in [9.17, 15) is 9.18 Å². The SMILES string of the molecule is C[C@H](c1ccc(Cl)cc1F)n1cnc2ccc(C3=CCN(C(=O)[C@H]4CCCCN4)CC3)cc21. The maximum Gasteiger partial charge on any atom is 0.239 e. The highest BCUT2D eigenvalue weighted by Gasteiger charge is 2.27. The molecule has 3 aromatic rings. The van der Waals surface area contributed by atoms with Gasteiger partial charge in [-0.3, -0.25) is 4.79 Å². The number of carbonyl (C=O) groups excluding carboxylic acids is 1. The summed E-state index contributed by atoms with van der Waals surface area (Å²) in [6, 6.07) is 10.8. The van der Waals surface area contributed by atoms with Crippen LogP contribution < -0.4 is 5.32 Å². The van der Waals surface area contributed by atoms with Gasteiger partial charge >= 0.3 is 0 Å². The third kappa shape index (κ3) is 4.42. The summed E-state index contributed by atoms with van der Waals surface area (Å²) in [7, 11) is 0. The van der Waals surface area contributed by atoms with E-state index >= 15 is 0 Å². The Kier molecular flexibility index (Phi) is 6.21. The van der Waals surface area contributed by atoms with Gasteiger partial charge in [-0.25, -0.2) is 9.37 Å². The molecule has 2 aromatic carbocycles. The molecule has 5 nitrogen and oxygen atoms in total. The maximum atomic E-state index is 14.5. The largest absolute Gasteiger partial charge is 0.337 e. The predicted molar refractivity (Wildman–Crippen MR) is 130 cm³/mol. The standard InChI is InChI=1S/C26H28ClFN4O/c1-17(21-7-6-20(27)15-22(21)28)32-16-30-23-8-5-19(14-25(23)32)18-9-12-31(13-10-18)26(33)24-4-2-3-11-29-24/h5-9,14-17,24,29H,2-4,10-13H2,1H3/t17-,24-/m1/s1. The maximum absolute atomic E-state index is 14.5. The van der Waals surface area contributed by atoms with Crippen molar-refractivity contribution in [3.8, 4) is 0 Å². The van der Waals surface area contributed by atoms with E-state index in [0.29, 0.717) is 17.1 Å². The Morgan fingerprint density at radius 2 is 2.12 bits per heavy atom. The van der Waals surface area contributed by atoms with Crippen molar-refractivity contribution in [2.24, 2.45) is 0 Å². The molecule has 0 bridgehead atoms. The Bertz CT molecular complexity index is 1210. The Morgan fingerprint density at radius 1 is 1.24 bits per heavy atom. The number of nitrogens with one attached hydrogen (secondary N) is 1. The lowest BCUT2D eigenvalue weighted by atomic mass is 9.97. The van der Waals surface area contributed by atoms with Crippen molar-refractivity contribution in [2.75, 3.05) is 19.6 Å². The summed E-state index contributed by atoms with van der Waals surface area (Å²) >= 11 is 5.93. The third-order valence-corrected chi connectivity index (χ3v) is 7.14. The summed E-state index contributed by atoms with van der Waals surface area (Å²) in [5.41, 5.74) is 4.76. The zero-order valence-corrected chi connectivity index (χ0v) is 19.5. The number of amides is 1. The van der Waals surface area contributed by atoms with E-state index in [1.165, 1.54) is 11.6 Å². The minimum atomic E-state index is -0.319. The summed E-state index contributed by atoms with van der Waals surface area (Å²) in [5, 5.41) is 3.74. The van der Waals surface area contributed by atoms with Gasteiger partial charge in [0, 0.05) is 23.7 Å². The number of piperidine rings is 1. The second kappa shape index (κ2) is 9.27. The molecule has 0 saturated carbocycles. The van der Waals surface area contributed by atoms with Crippen LogP contribution in [0.3, 0.4) is 0 Å². The van der Waals surface area contributed by atoms with Crippen molar-refractivity contribution in [3.05, 3.63) is 70.8 Å². The van der Waals surface area contributed by atoms with Crippen LogP contribution in [0, 0.1) is 5.82 Å². The molecule has 5 rings (SSSR count). The molecule has 1 N–H and O–H groups in total. The molecule has 3 heterocycles. The van der Waals surface area contributed by atoms with Crippen LogP contribution in [0.15, 0.2) is 48.8 Å². The molecule has 2 aliphatic rings. The van der Waals surface area contributed by atoms with Gasteiger partial charge in [0.15, 0.2) is 0 Å². The van der Waals surface area contributed by atoms with Crippen molar-refractivity contribution in [1.82, 2.24) is 19.8 Å². The van der Waals surface area contributed by atoms with Gasteiger partial charge in [-0.2, -0.15) is 0 Å².